The molecule has 0 radical (unpaired) electrons. The van der Waals surface area contributed by atoms with Crippen LogP contribution in [0.1, 0.15) is 24.0 Å². The highest BCUT2D eigenvalue weighted by Gasteiger charge is 2.29. The molecule has 1 fully saturated rings. The highest BCUT2D eigenvalue weighted by molar-refractivity contribution is 5.40. The van der Waals surface area contributed by atoms with Gasteiger partial charge in [-0.1, -0.05) is 12.1 Å². The Labute approximate surface area is 123 Å². The van der Waals surface area contributed by atoms with E-state index < -0.39 is 11.6 Å². The first kappa shape index (κ1) is 14.0. The van der Waals surface area contributed by atoms with Gasteiger partial charge in [0.15, 0.2) is 0 Å². The van der Waals surface area contributed by atoms with Crippen LogP contribution < -0.4 is 5.73 Å². The van der Waals surface area contributed by atoms with Crippen molar-refractivity contribution in [2.45, 2.75) is 32.0 Å². The number of anilines is 1. The van der Waals surface area contributed by atoms with Crippen molar-refractivity contribution in [2.75, 3.05) is 5.73 Å². The largest absolute Gasteiger partial charge is 0.399 e. The number of hydrogen-bond donors (Lipinski definition) is 1. The molecule has 2 nitrogen and oxygen atoms in total. The van der Waals surface area contributed by atoms with Gasteiger partial charge in [-0.15, -0.1) is 0 Å². The highest BCUT2D eigenvalue weighted by atomic mass is 19.1. The van der Waals surface area contributed by atoms with Gasteiger partial charge in [-0.05, 0) is 48.2 Å². The number of hydrogen-bond acceptors (Lipinski definition) is 2. The lowest BCUT2D eigenvalue weighted by atomic mass is 10.1. The molecule has 0 bridgehead atoms. The first-order valence-electron chi connectivity index (χ1n) is 7.13. The van der Waals surface area contributed by atoms with Gasteiger partial charge >= 0.3 is 0 Å². The van der Waals surface area contributed by atoms with Gasteiger partial charge in [-0.2, -0.15) is 0 Å². The maximum absolute atomic E-state index is 13.3. The summed E-state index contributed by atoms with van der Waals surface area (Å²) in [6.07, 6.45) is 2.28. The zero-order valence-electron chi connectivity index (χ0n) is 11.7. The van der Waals surface area contributed by atoms with E-state index in [1.54, 1.807) is 0 Å². The summed E-state index contributed by atoms with van der Waals surface area (Å²) in [5.74, 6) is -1.05. The van der Waals surface area contributed by atoms with E-state index in [2.05, 4.69) is 4.90 Å². The van der Waals surface area contributed by atoms with Gasteiger partial charge in [0.05, 0.1) is 0 Å². The predicted octanol–water partition coefficient (Wildman–Crippen LogP) is 3.71. The Bertz CT molecular complexity index is 618. The van der Waals surface area contributed by atoms with Crippen LogP contribution in [0.25, 0.3) is 0 Å². The Kier molecular flexibility index (Phi) is 3.88. The summed E-state index contributed by atoms with van der Waals surface area (Å²) in [5.41, 5.74) is 8.33. The van der Waals surface area contributed by atoms with Crippen molar-refractivity contribution in [3.05, 3.63) is 65.2 Å². The van der Waals surface area contributed by atoms with Crippen LogP contribution in [-0.4, -0.2) is 10.9 Å². The van der Waals surface area contributed by atoms with Crippen LogP contribution in [0.4, 0.5) is 14.5 Å². The Morgan fingerprint density at radius 1 is 0.952 bits per heavy atom. The molecule has 110 valence electrons. The lowest BCUT2D eigenvalue weighted by Gasteiger charge is -2.22. The molecule has 0 heterocycles. The molecule has 1 saturated carbocycles. The average molecular weight is 288 g/mol. The normalized spacial score (nSPS) is 14.6. The smallest absolute Gasteiger partial charge is 0.126 e. The molecule has 1 aliphatic carbocycles. The second kappa shape index (κ2) is 5.82. The molecule has 0 aromatic heterocycles. The molecule has 0 saturated heterocycles. The van der Waals surface area contributed by atoms with Crippen LogP contribution in [0.3, 0.4) is 0 Å². The highest BCUT2D eigenvalue weighted by Crippen LogP contribution is 2.30. The standard InChI is InChI=1S/C17H18F2N2/c18-14-6-13(7-15(19)9-14)11-21(17-4-5-17)10-12-2-1-3-16(20)8-12/h1-3,6-9,17H,4-5,10-11,20H2. The SMILES string of the molecule is Nc1cccc(CN(Cc2cc(F)cc(F)c2)C2CC2)c1. The minimum Gasteiger partial charge on any atom is -0.399 e. The summed E-state index contributed by atoms with van der Waals surface area (Å²) in [4.78, 5) is 2.25. The maximum Gasteiger partial charge on any atom is 0.126 e. The van der Waals surface area contributed by atoms with Crippen LogP contribution in [0, 0.1) is 11.6 Å². The van der Waals surface area contributed by atoms with Crippen LogP contribution >= 0.6 is 0 Å². The number of nitrogens with zero attached hydrogens (tertiary/aromatic N) is 1. The summed E-state index contributed by atoms with van der Waals surface area (Å²) < 4.78 is 26.6. The maximum atomic E-state index is 13.3. The molecule has 0 atom stereocenters. The molecule has 0 amide bonds. The summed E-state index contributed by atoms with van der Waals surface area (Å²) in [6.45, 7) is 1.29. The molecule has 2 N–H and O–H groups in total. The molecule has 1 aliphatic rings. The van der Waals surface area contributed by atoms with Gasteiger partial charge in [-0.25, -0.2) is 8.78 Å². The van der Waals surface area contributed by atoms with E-state index in [9.17, 15) is 8.78 Å². The number of nitrogen functional groups attached to an aromatic ring is 1. The molecule has 4 heteroatoms. The molecule has 0 aliphatic heterocycles. The van der Waals surface area contributed by atoms with Gasteiger partial charge < -0.3 is 5.73 Å². The third-order valence-electron chi connectivity index (χ3n) is 3.71. The molecule has 0 unspecified atom stereocenters. The van der Waals surface area contributed by atoms with Gasteiger partial charge in [0, 0.05) is 30.9 Å². The summed E-state index contributed by atoms with van der Waals surface area (Å²) in [6, 6.07) is 12.0. The van der Waals surface area contributed by atoms with Gasteiger partial charge in [-0.3, -0.25) is 4.90 Å². The topological polar surface area (TPSA) is 29.3 Å². The van der Waals surface area contributed by atoms with Crippen molar-refractivity contribution in [1.82, 2.24) is 4.90 Å². The van der Waals surface area contributed by atoms with Crippen molar-refractivity contribution in [3.8, 4) is 0 Å². The molecule has 3 rings (SSSR count). The first-order chi connectivity index (χ1) is 10.1. The summed E-state index contributed by atoms with van der Waals surface area (Å²) in [7, 11) is 0. The van der Waals surface area contributed by atoms with Crippen molar-refractivity contribution >= 4 is 5.69 Å². The second-order valence-electron chi connectivity index (χ2n) is 5.66. The van der Waals surface area contributed by atoms with E-state index in [1.807, 2.05) is 24.3 Å². The van der Waals surface area contributed by atoms with Gasteiger partial charge in [0.2, 0.25) is 0 Å². The minimum absolute atomic E-state index is 0.498. The van der Waals surface area contributed by atoms with Crippen LogP contribution in [0.5, 0.6) is 0 Å². The van der Waals surface area contributed by atoms with E-state index >= 15 is 0 Å². The fourth-order valence-electron chi connectivity index (χ4n) is 2.62. The number of nitrogens with two attached hydrogens (primary N) is 1. The van der Waals surface area contributed by atoms with Crippen LogP contribution in [-0.2, 0) is 13.1 Å². The third-order valence-corrected chi connectivity index (χ3v) is 3.71. The minimum atomic E-state index is -0.523. The zero-order valence-corrected chi connectivity index (χ0v) is 11.7. The Balaban J connectivity index is 1.75. The van der Waals surface area contributed by atoms with E-state index in [4.69, 9.17) is 5.73 Å². The number of rotatable bonds is 5. The lowest BCUT2D eigenvalue weighted by Crippen LogP contribution is -2.25. The number of benzene rings is 2. The second-order valence-corrected chi connectivity index (χ2v) is 5.66. The number of halogens is 2. The summed E-state index contributed by atoms with van der Waals surface area (Å²) in [5, 5.41) is 0. The van der Waals surface area contributed by atoms with Crippen molar-refractivity contribution in [1.29, 1.82) is 0 Å². The molecule has 2 aromatic carbocycles. The van der Waals surface area contributed by atoms with E-state index in [-0.39, 0.29) is 0 Å². The Morgan fingerprint density at radius 3 is 2.24 bits per heavy atom. The monoisotopic (exact) mass is 288 g/mol. The average Bonchev–Trinajstić information content (AvgIpc) is 3.21. The zero-order chi connectivity index (χ0) is 14.8. The first-order valence-corrected chi connectivity index (χ1v) is 7.13. The molecule has 2 aromatic rings. The summed E-state index contributed by atoms with van der Waals surface area (Å²) >= 11 is 0. The van der Waals surface area contributed by atoms with Crippen LogP contribution in [0.2, 0.25) is 0 Å². The quantitative estimate of drug-likeness (QED) is 0.850. The van der Waals surface area contributed by atoms with E-state index in [0.29, 0.717) is 18.2 Å². The molecular formula is C17H18F2N2. The van der Waals surface area contributed by atoms with Crippen molar-refractivity contribution in [2.24, 2.45) is 0 Å². The van der Waals surface area contributed by atoms with E-state index in [0.717, 1.165) is 36.7 Å². The lowest BCUT2D eigenvalue weighted by molar-refractivity contribution is 0.245. The fraction of sp³-hybridized carbons (Fsp3) is 0.294. The molecular weight excluding hydrogens is 270 g/mol. The van der Waals surface area contributed by atoms with Crippen molar-refractivity contribution < 1.29 is 8.78 Å². The molecule has 21 heavy (non-hydrogen) atoms. The Hall–Kier alpha value is -1.94. The predicted molar refractivity (Wildman–Crippen MR) is 79.5 cm³/mol. The Morgan fingerprint density at radius 2 is 1.62 bits per heavy atom. The van der Waals surface area contributed by atoms with Gasteiger partial charge in [0.25, 0.3) is 0 Å². The molecule has 0 spiro atoms. The van der Waals surface area contributed by atoms with E-state index in [1.165, 1.54) is 12.1 Å². The van der Waals surface area contributed by atoms with Gasteiger partial charge in [0.1, 0.15) is 11.6 Å². The van der Waals surface area contributed by atoms with Crippen molar-refractivity contribution in [3.63, 3.8) is 0 Å². The van der Waals surface area contributed by atoms with Crippen LogP contribution in [0.15, 0.2) is 42.5 Å². The fourth-order valence-corrected chi connectivity index (χ4v) is 2.62. The third kappa shape index (κ3) is 3.79.